The van der Waals surface area contributed by atoms with Crippen LogP contribution < -0.4 is 5.32 Å². The molecular weight excluding hydrogens is 214 g/mol. The SMILES string of the molecule is CC1SCCC1NC1CCS(=O)CC1. The van der Waals surface area contributed by atoms with E-state index in [1.807, 2.05) is 0 Å². The van der Waals surface area contributed by atoms with E-state index >= 15 is 0 Å². The summed E-state index contributed by atoms with van der Waals surface area (Å²) in [5.74, 6) is 3.12. The molecule has 2 heterocycles. The largest absolute Gasteiger partial charge is 0.310 e. The number of thioether (sulfide) groups is 1. The molecule has 0 saturated carbocycles. The van der Waals surface area contributed by atoms with Crippen LogP contribution in [-0.4, -0.2) is 38.8 Å². The third-order valence-corrected chi connectivity index (χ3v) is 5.92. The Balaban J connectivity index is 1.77. The van der Waals surface area contributed by atoms with Crippen LogP contribution in [0.2, 0.25) is 0 Å². The van der Waals surface area contributed by atoms with Gasteiger partial charge in [0, 0.05) is 39.6 Å². The van der Waals surface area contributed by atoms with Crippen LogP contribution in [-0.2, 0) is 10.8 Å². The number of rotatable bonds is 2. The second kappa shape index (κ2) is 4.99. The molecule has 4 heteroatoms. The summed E-state index contributed by atoms with van der Waals surface area (Å²) in [5, 5.41) is 4.50. The molecule has 2 aliphatic rings. The molecule has 0 aromatic carbocycles. The summed E-state index contributed by atoms with van der Waals surface area (Å²) in [4.78, 5) is 0. The highest BCUT2D eigenvalue weighted by Crippen LogP contribution is 2.27. The van der Waals surface area contributed by atoms with Crippen LogP contribution in [0.4, 0.5) is 0 Å². The van der Waals surface area contributed by atoms with Gasteiger partial charge >= 0.3 is 0 Å². The monoisotopic (exact) mass is 233 g/mol. The molecule has 2 aliphatic heterocycles. The van der Waals surface area contributed by atoms with Crippen LogP contribution in [0.25, 0.3) is 0 Å². The predicted molar refractivity (Wildman–Crippen MR) is 64.4 cm³/mol. The maximum atomic E-state index is 11.2. The molecule has 2 unspecified atom stereocenters. The molecule has 2 rings (SSSR count). The Labute approximate surface area is 93.1 Å². The second-order valence-corrected chi connectivity index (χ2v) is 7.44. The van der Waals surface area contributed by atoms with Crippen molar-refractivity contribution in [3.8, 4) is 0 Å². The van der Waals surface area contributed by atoms with Crippen molar-refractivity contribution >= 4 is 22.6 Å². The maximum Gasteiger partial charge on any atom is 0.0249 e. The molecule has 1 N–H and O–H groups in total. The minimum Gasteiger partial charge on any atom is -0.310 e. The van der Waals surface area contributed by atoms with Crippen molar-refractivity contribution in [3.05, 3.63) is 0 Å². The average Bonchev–Trinajstić information content (AvgIpc) is 2.56. The zero-order valence-electron chi connectivity index (χ0n) is 8.70. The number of hydrogen-bond donors (Lipinski definition) is 1. The standard InChI is InChI=1S/C10H19NOS2/c1-8-10(2-5-13-8)11-9-3-6-14(12)7-4-9/h8-11H,2-7H2,1H3. The summed E-state index contributed by atoms with van der Waals surface area (Å²) in [6, 6.07) is 1.34. The molecule has 0 amide bonds. The molecule has 0 aromatic rings. The van der Waals surface area contributed by atoms with Gasteiger partial charge in [-0.3, -0.25) is 4.21 Å². The Hall–Kier alpha value is 0.460. The Morgan fingerprint density at radius 3 is 2.57 bits per heavy atom. The van der Waals surface area contributed by atoms with Gasteiger partial charge in [0.2, 0.25) is 0 Å². The van der Waals surface area contributed by atoms with Gasteiger partial charge in [-0.1, -0.05) is 6.92 Å². The highest BCUT2D eigenvalue weighted by molar-refractivity contribution is 8.00. The van der Waals surface area contributed by atoms with E-state index in [2.05, 4.69) is 24.0 Å². The lowest BCUT2D eigenvalue weighted by atomic mass is 10.1. The van der Waals surface area contributed by atoms with Crippen molar-refractivity contribution < 1.29 is 4.21 Å². The van der Waals surface area contributed by atoms with E-state index in [0.717, 1.165) is 29.6 Å². The van der Waals surface area contributed by atoms with Gasteiger partial charge in [-0.2, -0.15) is 11.8 Å². The zero-order chi connectivity index (χ0) is 9.97. The van der Waals surface area contributed by atoms with Gasteiger partial charge in [-0.25, -0.2) is 0 Å². The van der Waals surface area contributed by atoms with Crippen LogP contribution in [0.5, 0.6) is 0 Å². The van der Waals surface area contributed by atoms with Crippen LogP contribution >= 0.6 is 11.8 Å². The van der Waals surface area contributed by atoms with Crippen molar-refractivity contribution in [1.29, 1.82) is 0 Å². The molecule has 2 saturated heterocycles. The third-order valence-electron chi connectivity index (χ3n) is 3.21. The molecule has 2 nitrogen and oxygen atoms in total. The molecule has 2 fully saturated rings. The van der Waals surface area contributed by atoms with E-state index in [-0.39, 0.29) is 0 Å². The van der Waals surface area contributed by atoms with Crippen LogP contribution in [0, 0.1) is 0 Å². The molecule has 0 aliphatic carbocycles. The summed E-state index contributed by atoms with van der Waals surface area (Å²) in [7, 11) is -0.518. The van der Waals surface area contributed by atoms with E-state index in [9.17, 15) is 4.21 Å². The maximum absolute atomic E-state index is 11.2. The normalized spacial score (nSPS) is 44.1. The van der Waals surface area contributed by atoms with E-state index in [4.69, 9.17) is 0 Å². The van der Waals surface area contributed by atoms with Gasteiger partial charge in [0.15, 0.2) is 0 Å². The first kappa shape index (κ1) is 11.0. The first-order valence-electron chi connectivity index (χ1n) is 5.48. The Morgan fingerprint density at radius 2 is 2.00 bits per heavy atom. The second-order valence-electron chi connectivity index (χ2n) is 4.26. The smallest absolute Gasteiger partial charge is 0.0249 e. The Bertz CT molecular complexity index is 212. The predicted octanol–water partition coefficient (Wildman–Crippen LogP) is 1.38. The highest BCUT2D eigenvalue weighted by Gasteiger charge is 2.27. The van der Waals surface area contributed by atoms with E-state index < -0.39 is 10.8 Å². The summed E-state index contributed by atoms with van der Waals surface area (Å²) in [5.41, 5.74) is 0. The van der Waals surface area contributed by atoms with Gasteiger partial charge in [-0.15, -0.1) is 0 Å². The molecule has 14 heavy (non-hydrogen) atoms. The van der Waals surface area contributed by atoms with E-state index in [1.54, 1.807) is 0 Å². The summed E-state index contributed by atoms with van der Waals surface area (Å²) >= 11 is 2.07. The number of hydrogen-bond acceptors (Lipinski definition) is 3. The topological polar surface area (TPSA) is 29.1 Å². The van der Waals surface area contributed by atoms with Gasteiger partial charge in [0.1, 0.15) is 0 Å². The zero-order valence-corrected chi connectivity index (χ0v) is 10.3. The first-order chi connectivity index (χ1) is 6.75. The lowest BCUT2D eigenvalue weighted by Gasteiger charge is -2.27. The molecule has 0 radical (unpaired) electrons. The highest BCUT2D eigenvalue weighted by atomic mass is 32.2. The fourth-order valence-electron chi connectivity index (χ4n) is 2.21. The first-order valence-corrected chi connectivity index (χ1v) is 8.02. The quantitative estimate of drug-likeness (QED) is 0.781. The Morgan fingerprint density at radius 1 is 1.29 bits per heavy atom. The average molecular weight is 233 g/mol. The van der Waals surface area contributed by atoms with Crippen molar-refractivity contribution in [2.24, 2.45) is 0 Å². The molecule has 0 spiro atoms. The van der Waals surface area contributed by atoms with Crippen molar-refractivity contribution in [3.63, 3.8) is 0 Å². The van der Waals surface area contributed by atoms with Crippen LogP contribution in [0.15, 0.2) is 0 Å². The fraction of sp³-hybridized carbons (Fsp3) is 1.00. The number of nitrogens with one attached hydrogen (secondary N) is 1. The summed E-state index contributed by atoms with van der Waals surface area (Å²) < 4.78 is 11.2. The minimum atomic E-state index is -0.518. The van der Waals surface area contributed by atoms with E-state index in [0.29, 0.717) is 12.1 Å². The molecule has 0 bridgehead atoms. The molecule has 0 aromatic heterocycles. The molecule has 82 valence electrons. The molecular formula is C10H19NOS2. The van der Waals surface area contributed by atoms with Crippen molar-refractivity contribution in [1.82, 2.24) is 5.32 Å². The van der Waals surface area contributed by atoms with Crippen molar-refractivity contribution in [2.45, 2.75) is 43.5 Å². The Kier molecular flexibility index (Phi) is 3.91. The fourth-order valence-corrected chi connectivity index (χ4v) is 4.72. The van der Waals surface area contributed by atoms with Gasteiger partial charge in [0.05, 0.1) is 0 Å². The lowest BCUT2D eigenvalue weighted by molar-refractivity contribution is 0.402. The van der Waals surface area contributed by atoms with Crippen LogP contribution in [0.3, 0.4) is 0 Å². The van der Waals surface area contributed by atoms with Gasteiger partial charge < -0.3 is 5.32 Å². The van der Waals surface area contributed by atoms with Gasteiger partial charge in [-0.05, 0) is 25.0 Å². The third kappa shape index (κ3) is 2.74. The van der Waals surface area contributed by atoms with Crippen molar-refractivity contribution in [2.75, 3.05) is 17.3 Å². The summed E-state index contributed by atoms with van der Waals surface area (Å²) in [6.07, 6.45) is 3.53. The molecule has 2 atom stereocenters. The minimum absolute atomic E-state index is 0.518. The van der Waals surface area contributed by atoms with Gasteiger partial charge in [0.25, 0.3) is 0 Å². The lowest BCUT2D eigenvalue weighted by Crippen LogP contribution is -2.44. The van der Waals surface area contributed by atoms with E-state index in [1.165, 1.54) is 12.2 Å². The van der Waals surface area contributed by atoms with Crippen LogP contribution in [0.1, 0.15) is 26.2 Å². The summed E-state index contributed by atoms with van der Waals surface area (Å²) in [6.45, 7) is 2.32.